The molecule has 0 radical (unpaired) electrons. The Morgan fingerprint density at radius 3 is 2.66 bits per heavy atom. The van der Waals surface area contributed by atoms with Gasteiger partial charge in [-0.25, -0.2) is 0 Å². The highest BCUT2D eigenvalue weighted by atomic mass is 127. The number of halogens is 2. The van der Waals surface area contributed by atoms with Crippen molar-refractivity contribution in [3.8, 4) is 0 Å². The number of guanidine groups is 1. The first-order chi connectivity index (χ1) is 15.1. The molecule has 0 spiro atoms. The van der Waals surface area contributed by atoms with Crippen LogP contribution in [0.4, 0.5) is 5.69 Å². The zero-order valence-electron chi connectivity index (χ0n) is 18.4. The van der Waals surface area contributed by atoms with Gasteiger partial charge < -0.3 is 20.3 Å². The van der Waals surface area contributed by atoms with Crippen LogP contribution in [0.1, 0.15) is 24.8 Å². The van der Waals surface area contributed by atoms with E-state index in [9.17, 15) is 4.79 Å². The summed E-state index contributed by atoms with van der Waals surface area (Å²) in [5, 5.41) is 6.92. The number of amides is 1. The fourth-order valence-electron chi connectivity index (χ4n) is 3.62. The second-order valence-electron chi connectivity index (χ2n) is 7.73. The highest BCUT2D eigenvalue weighted by molar-refractivity contribution is 14.0. The number of likely N-dealkylation sites (tertiary alicyclic amines) is 1. The molecule has 1 fully saturated rings. The van der Waals surface area contributed by atoms with Gasteiger partial charge in [-0.05, 0) is 42.7 Å². The molecule has 1 aliphatic rings. The van der Waals surface area contributed by atoms with Crippen LogP contribution in [-0.4, -0.2) is 50.1 Å². The smallest absolute Gasteiger partial charge is 0.224 e. The van der Waals surface area contributed by atoms with Crippen LogP contribution in [0.2, 0.25) is 5.02 Å². The van der Waals surface area contributed by atoms with E-state index in [-0.39, 0.29) is 29.9 Å². The number of hydrogen-bond donors (Lipinski definition) is 2. The molecule has 3 rings (SSSR count). The third-order valence-electron chi connectivity index (χ3n) is 5.25. The second kappa shape index (κ2) is 14.3. The number of benzene rings is 2. The maximum absolute atomic E-state index is 12.1. The number of anilines is 1. The fraction of sp³-hybridized carbons (Fsp3) is 0.417. The molecule has 0 aliphatic carbocycles. The predicted octanol–water partition coefficient (Wildman–Crippen LogP) is 4.79. The van der Waals surface area contributed by atoms with Crippen LogP contribution in [0, 0.1) is 5.92 Å². The topological polar surface area (TPSA) is 66.0 Å². The predicted molar refractivity (Wildman–Crippen MR) is 142 cm³/mol. The van der Waals surface area contributed by atoms with E-state index in [1.54, 1.807) is 31.3 Å². The van der Waals surface area contributed by atoms with Crippen LogP contribution in [0.3, 0.4) is 0 Å². The molecule has 0 aromatic heterocycles. The minimum atomic E-state index is -0.00379. The van der Waals surface area contributed by atoms with Gasteiger partial charge in [-0.1, -0.05) is 41.9 Å². The summed E-state index contributed by atoms with van der Waals surface area (Å²) in [6, 6.07) is 17.4. The molecule has 8 heteroatoms. The van der Waals surface area contributed by atoms with E-state index in [4.69, 9.17) is 16.3 Å². The Bertz CT molecular complexity index is 849. The Balaban J connectivity index is 0.00000363. The van der Waals surface area contributed by atoms with E-state index in [1.807, 2.05) is 18.2 Å². The van der Waals surface area contributed by atoms with E-state index in [0.717, 1.165) is 44.2 Å². The number of rotatable bonds is 9. The molecule has 2 N–H and O–H groups in total. The van der Waals surface area contributed by atoms with E-state index in [2.05, 4.69) is 32.7 Å². The molecule has 1 heterocycles. The molecule has 32 heavy (non-hydrogen) atoms. The average Bonchev–Trinajstić information content (AvgIpc) is 3.25. The maximum atomic E-state index is 12.1. The summed E-state index contributed by atoms with van der Waals surface area (Å²) in [6.07, 6.45) is 2.28. The average molecular weight is 571 g/mol. The van der Waals surface area contributed by atoms with E-state index in [0.29, 0.717) is 30.5 Å². The summed E-state index contributed by atoms with van der Waals surface area (Å²) in [7, 11) is 1.80. The minimum absolute atomic E-state index is 0. The Morgan fingerprint density at radius 2 is 1.94 bits per heavy atom. The SMILES string of the molecule is CN=C(NCCCC(=O)Nc1ccc(Cl)cc1)N1CCC(COCc2ccccc2)C1.I. The number of carbonyl (C=O) groups is 1. The summed E-state index contributed by atoms with van der Waals surface area (Å²) < 4.78 is 5.91. The first kappa shape index (κ1) is 26.4. The summed E-state index contributed by atoms with van der Waals surface area (Å²) >= 11 is 5.86. The highest BCUT2D eigenvalue weighted by Crippen LogP contribution is 2.17. The highest BCUT2D eigenvalue weighted by Gasteiger charge is 2.24. The van der Waals surface area contributed by atoms with E-state index < -0.39 is 0 Å². The third kappa shape index (κ3) is 8.96. The lowest BCUT2D eigenvalue weighted by Crippen LogP contribution is -2.40. The molecule has 0 saturated carbocycles. The van der Waals surface area contributed by atoms with Crippen molar-refractivity contribution < 1.29 is 9.53 Å². The number of hydrogen-bond acceptors (Lipinski definition) is 3. The van der Waals surface area contributed by atoms with Crippen molar-refractivity contribution >= 4 is 53.1 Å². The summed E-state index contributed by atoms with van der Waals surface area (Å²) in [6.45, 7) is 4.02. The van der Waals surface area contributed by atoms with Crippen molar-refractivity contribution in [1.82, 2.24) is 10.2 Å². The van der Waals surface area contributed by atoms with Crippen LogP contribution in [0.25, 0.3) is 0 Å². The molecule has 1 aliphatic heterocycles. The van der Waals surface area contributed by atoms with Gasteiger partial charge in [0.2, 0.25) is 5.91 Å². The monoisotopic (exact) mass is 570 g/mol. The Labute approximate surface area is 212 Å². The quantitative estimate of drug-likeness (QED) is 0.197. The molecular formula is C24H32ClIN4O2. The number of aliphatic imine (C=N–C) groups is 1. The molecule has 6 nitrogen and oxygen atoms in total. The number of nitrogens with zero attached hydrogens (tertiary/aromatic N) is 2. The van der Waals surface area contributed by atoms with Gasteiger partial charge in [-0.2, -0.15) is 0 Å². The van der Waals surface area contributed by atoms with E-state index >= 15 is 0 Å². The van der Waals surface area contributed by atoms with Crippen LogP contribution in [0.5, 0.6) is 0 Å². The third-order valence-corrected chi connectivity index (χ3v) is 5.51. The lowest BCUT2D eigenvalue weighted by molar-refractivity contribution is -0.116. The van der Waals surface area contributed by atoms with Gasteiger partial charge in [0.25, 0.3) is 0 Å². The van der Waals surface area contributed by atoms with Gasteiger partial charge in [0, 0.05) is 49.7 Å². The summed E-state index contributed by atoms with van der Waals surface area (Å²) in [5.74, 6) is 1.40. The van der Waals surface area contributed by atoms with E-state index in [1.165, 1.54) is 5.56 Å². The lowest BCUT2D eigenvalue weighted by atomic mass is 10.1. The number of ether oxygens (including phenoxy) is 1. The number of nitrogens with one attached hydrogen (secondary N) is 2. The van der Waals surface area contributed by atoms with Crippen LogP contribution >= 0.6 is 35.6 Å². The molecule has 2 aromatic rings. The molecule has 1 atom stereocenters. The van der Waals surface area contributed by atoms with Gasteiger partial charge in [0.15, 0.2) is 5.96 Å². The maximum Gasteiger partial charge on any atom is 0.224 e. The van der Waals surface area contributed by atoms with Crippen molar-refractivity contribution in [2.45, 2.75) is 25.9 Å². The van der Waals surface area contributed by atoms with Crippen LogP contribution < -0.4 is 10.6 Å². The Hall–Kier alpha value is -1.84. The molecule has 174 valence electrons. The number of carbonyl (C=O) groups excluding carboxylic acids is 1. The van der Waals surface area contributed by atoms with Gasteiger partial charge >= 0.3 is 0 Å². The van der Waals surface area contributed by atoms with Crippen molar-refractivity contribution in [3.63, 3.8) is 0 Å². The van der Waals surface area contributed by atoms with Crippen molar-refractivity contribution in [3.05, 3.63) is 65.2 Å². The first-order valence-corrected chi connectivity index (χ1v) is 11.1. The fourth-order valence-corrected chi connectivity index (χ4v) is 3.74. The first-order valence-electron chi connectivity index (χ1n) is 10.8. The van der Waals surface area contributed by atoms with Crippen molar-refractivity contribution in [1.29, 1.82) is 0 Å². The zero-order chi connectivity index (χ0) is 21.9. The summed E-state index contributed by atoms with van der Waals surface area (Å²) in [4.78, 5) is 18.8. The molecule has 0 bridgehead atoms. The molecule has 2 aromatic carbocycles. The molecular weight excluding hydrogens is 539 g/mol. The molecule has 1 amide bonds. The van der Waals surface area contributed by atoms with Gasteiger partial charge in [0.05, 0.1) is 13.2 Å². The Morgan fingerprint density at radius 1 is 1.19 bits per heavy atom. The van der Waals surface area contributed by atoms with Gasteiger partial charge in [0.1, 0.15) is 0 Å². The van der Waals surface area contributed by atoms with Crippen LogP contribution in [-0.2, 0) is 16.1 Å². The summed E-state index contributed by atoms with van der Waals surface area (Å²) in [5.41, 5.74) is 1.96. The molecule has 1 saturated heterocycles. The lowest BCUT2D eigenvalue weighted by Gasteiger charge is -2.21. The minimum Gasteiger partial charge on any atom is -0.376 e. The van der Waals surface area contributed by atoms with Gasteiger partial charge in [-0.3, -0.25) is 9.79 Å². The van der Waals surface area contributed by atoms with Crippen molar-refractivity contribution in [2.24, 2.45) is 10.9 Å². The van der Waals surface area contributed by atoms with Gasteiger partial charge in [-0.15, -0.1) is 24.0 Å². The molecule has 1 unspecified atom stereocenters. The second-order valence-corrected chi connectivity index (χ2v) is 8.17. The largest absolute Gasteiger partial charge is 0.376 e. The standard InChI is InChI=1S/C24H31ClN4O2.HI/c1-26-24(27-14-5-8-23(30)28-22-11-9-21(25)10-12-22)29-15-13-20(16-29)18-31-17-19-6-3-2-4-7-19;/h2-4,6-7,9-12,20H,5,8,13-18H2,1H3,(H,26,27)(H,28,30);1H. The Kier molecular flexibility index (Phi) is 11.8. The zero-order valence-corrected chi connectivity index (χ0v) is 21.5. The van der Waals surface area contributed by atoms with Crippen molar-refractivity contribution in [2.75, 3.05) is 38.6 Å². The normalized spacial score (nSPS) is 15.9. The van der Waals surface area contributed by atoms with Crippen LogP contribution in [0.15, 0.2) is 59.6 Å².